The van der Waals surface area contributed by atoms with Crippen LogP contribution in [-0.2, 0) is 0 Å². The Morgan fingerprint density at radius 2 is 1.88 bits per heavy atom. The van der Waals surface area contributed by atoms with Crippen LogP contribution in [0.2, 0.25) is 0 Å². The lowest BCUT2D eigenvalue weighted by molar-refractivity contribution is -0.285. The fraction of sp³-hybridized carbons (Fsp3) is 0.538. The molecule has 0 unspecified atom stereocenters. The van der Waals surface area contributed by atoms with Crippen molar-refractivity contribution in [1.29, 1.82) is 0 Å². The van der Waals surface area contributed by atoms with Gasteiger partial charge in [-0.1, -0.05) is 18.2 Å². The zero-order valence-corrected chi connectivity index (χ0v) is 9.30. The average Bonchev–Trinajstić information content (AvgIpc) is 2.31. The number of rotatable bonds is 2. The van der Waals surface area contributed by atoms with Crippen molar-refractivity contribution < 1.29 is 9.84 Å². The zero-order valence-electron chi connectivity index (χ0n) is 9.30. The second-order valence-electron chi connectivity index (χ2n) is 4.79. The van der Waals surface area contributed by atoms with E-state index in [1.807, 2.05) is 30.3 Å². The smallest absolute Gasteiger partial charge is 0.270 e. The molecule has 16 heavy (non-hydrogen) atoms. The highest BCUT2D eigenvalue weighted by atomic mass is 16.6. The number of benzene rings is 1. The van der Waals surface area contributed by atoms with Crippen molar-refractivity contribution in [2.24, 2.45) is 5.92 Å². The Balaban J connectivity index is 1.79. The molecule has 0 aromatic heterocycles. The lowest BCUT2D eigenvalue weighted by Gasteiger charge is -2.49. The fourth-order valence-electron chi connectivity index (χ4n) is 2.78. The molecule has 3 fully saturated rings. The quantitative estimate of drug-likeness (QED) is 0.770. The second kappa shape index (κ2) is 3.75. The van der Waals surface area contributed by atoms with E-state index < -0.39 is 5.91 Å². The molecule has 3 heterocycles. The molecule has 0 aliphatic carbocycles. The number of hydrogen-bond donors (Lipinski definition) is 1. The summed E-state index contributed by atoms with van der Waals surface area (Å²) in [7, 11) is 0. The Hall–Kier alpha value is -1.06. The minimum Gasteiger partial charge on any atom is -0.449 e. The van der Waals surface area contributed by atoms with Gasteiger partial charge < -0.3 is 9.84 Å². The van der Waals surface area contributed by atoms with Crippen LogP contribution in [0.4, 0.5) is 0 Å². The Kier molecular flexibility index (Phi) is 2.37. The van der Waals surface area contributed by atoms with Gasteiger partial charge in [-0.15, -0.1) is 0 Å². The topological polar surface area (TPSA) is 32.7 Å². The first-order chi connectivity index (χ1) is 7.76. The van der Waals surface area contributed by atoms with Gasteiger partial charge in [0, 0.05) is 19.5 Å². The van der Waals surface area contributed by atoms with Crippen molar-refractivity contribution in [3.8, 4) is 5.75 Å². The number of fused-ring (bicyclic) bond motifs is 3. The van der Waals surface area contributed by atoms with Crippen LogP contribution in [0.5, 0.6) is 5.75 Å². The normalized spacial score (nSPS) is 37.3. The number of piperidine rings is 3. The van der Waals surface area contributed by atoms with E-state index in [0.29, 0.717) is 5.92 Å². The van der Waals surface area contributed by atoms with E-state index >= 15 is 0 Å². The van der Waals surface area contributed by atoms with E-state index in [9.17, 15) is 5.11 Å². The summed E-state index contributed by atoms with van der Waals surface area (Å²) in [5.74, 6) is 0.305. The molecule has 2 bridgehead atoms. The summed E-state index contributed by atoms with van der Waals surface area (Å²) in [6, 6.07) is 9.58. The van der Waals surface area contributed by atoms with Crippen molar-refractivity contribution in [3.05, 3.63) is 30.3 Å². The average molecular weight is 219 g/mol. The summed E-state index contributed by atoms with van der Waals surface area (Å²) in [6.07, 6.45) is 3.13. The fourth-order valence-corrected chi connectivity index (χ4v) is 2.78. The first-order valence-corrected chi connectivity index (χ1v) is 5.98. The summed E-state index contributed by atoms with van der Waals surface area (Å²) in [5.41, 5.74) is 0. The van der Waals surface area contributed by atoms with E-state index in [1.165, 1.54) is 12.8 Å². The van der Waals surface area contributed by atoms with Gasteiger partial charge in [0.1, 0.15) is 5.75 Å². The molecule has 3 nitrogen and oxygen atoms in total. The van der Waals surface area contributed by atoms with Gasteiger partial charge in [0.15, 0.2) is 0 Å². The van der Waals surface area contributed by atoms with Crippen molar-refractivity contribution in [2.45, 2.75) is 25.2 Å². The van der Waals surface area contributed by atoms with Crippen LogP contribution in [0.1, 0.15) is 19.3 Å². The minimum absolute atomic E-state index is 0.624. The van der Waals surface area contributed by atoms with Crippen LogP contribution in [-0.4, -0.2) is 29.0 Å². The first-order valence-electron chi connectivity index (χ1n) is 5.98. The number of ether oxygens (including phenoxy) is 1. The molecule has 0 spiro atoms. The third kappa shape index (κ3) is 1.70. The SMILES string of the molecule is O[C@@]1(Oc2ccccc2)CC2CCN1CC2. The summed E-state index contributed by atoms with van der Waals surface area (Å²) in [5, 5.41) is 10.5. The van der Waals surface area contributed by atoms with Gasteiger partial charge in [0.2, 0.25) is 0 Å². The van der Waals surface area contributed by atoms with Gasteiger partial charge in [0.05, 0.1) is 0 Å². The lowest BCUT2D eigenvalue weighted by Crippen LogP contribution is -2.61. The van der Waals surface area contributed by atoms with E-state index in [4.69, 9.17) is 4.74 Å². The molecule has 1 aromatic rings. The Morgan fingerprint density at radius 1 is 1.19 bits per heavy atom. The highest BCUT2D eigenvalue weighted by Gasteiger charge is 2.46. The van der Waals surface area contributed by atoms with Gasteiger partial charge in [-0.05, 0) is 30.9 Å². The maximum absolute atomic E-state index is 10.5. The van der Waals surface area contributed by atoms with Gasteiger partial charge in [-0.3, -0.25) is 0 Å². The summed E-state index contributed by atoms with van der Waals surface area (Å²) < 4.78 is 5.76. The number of aliphatic hydroxyl groups is 1. The molecule has 4 rings (SSSR count). The van der Waals surface area contributed by atoms with Gasteiger partial charge in [0.25, 0.3) is 5.91 Å². The van der Waals surface area contributed by atoms with Gasteiger partial charge in [-0.25, -0.2) is 4.90 Å². The van der Waals surface area contributed by atoms with E-state index in [1.54, 1.807) is 0 Å². The zero-order chi connectivity index (χ0) is 11.0. The predicted octanol–water partition coefficient (Wildman–Crippen LogP) is 1.83. The molecule has 0 saturated carbocycles. The summed E-state index contributed by atoms with van der Waals surface area (Å²) in [6.45, 7) is 1.90. The van der Waals surface area contributed by atoms with E-state index in [0.717, 1.165) is 25.3 Å². The maximum atomic E-state index is 10.5. The molecule has 3 saturated heterocycles. The predicted molar refractivity (Wildman–Crippen MR) is 60.9 cm³/mol. The number of nitrogens with zero attached hydrogens (tertiary/aromatic N) is 1. The molecule has 3 aliphatic rings. The van der Waals surface area contributed by atoms with E-state index in [-0.39, 0.29) is 0 Å². The molecule has 3 aliphatic heterocycles. The highest BCUT2D eigenvalue weighted by Crippen LogP contribution is 2.38. The number of para-hydroxylation sites is 1. The number of hydrogen-bond acceptors (Lipinski definition) is 3. The Morgan fingerprint density at radius 3 is 2.44 bits per heavy atom. The van der Waals surface area contributed by atoms with Crippen molar-refractivity contribution >= 4 is 0 Å². The molecule has 1 N–H and O–H groups in total. The second-order valence-corrected chi connectivity index (χ2v) is 4.79. The molecule has 86 valence electrons. The van der Waals surface area contributed by atoms with Crippen LogP contribution in [0, 0.1) is 5.92 Å². The van der Waals surface area contributed by atoms with Crippen LogP contribution >= 0.6 is 0 Å². The van der Waals surface area contributed by atoms with Gasteiger partial charge in [-0.2, -0.15) is 0 Å². The maximum Gasteiger partial charge on any atom is 0.270 e. The first kappa shape index (κ1) is 10.1. The minimum atomic E-state index is -1.07. The largest absolute Gasteiger partial charge is 0.449 e. The summed E-state index contributed by atoms with van der Waals surface area (Å²) >= 11 is 0. The summed E-state index contributed by atoms with van der Waals surface area (Å²) in [4.78, 5) is 2.06. The molecular formula is C13H17NO2. The molecule has 0 amide bonds. The molecule has 1 atom stereocenters. The lowest BCUT2D eigenvalue weighted by atomic mass is 9.85. The Bertz CT molecular complexity index is 359. The highest BCUT2D eigenvalue weighted by molar-refractivity contribution is 5.21. The standard InChI is InChI=1S/C13H17NO2/c15-13(16-12-4-2-1-3-5-12)10-11-6-8-14(13)9-7-11/h1-5,11,15H,6-10H2/t13-/m1/s1. The van der Waals surface area contributed by atoms with Crippen LogP contribution < -0.4 is 4.74 Å². The van der Waals surface area contributed by atoms with Crippen LogP contribution in [0.25, 0.3) is 0 Å². The molecule has 1 aromatic carbocycles. The monoisotopic (exact) mass is 219 g/mol. The van der Waals surface area contributed by atoms with Crippen molar-refractivity contribution in [1.82, 2.24) is 4.90 Å². The van der Waals surface area contributed by atoms with E-state index in [2.05, 4.69) is 4.90 Å². The molecule has 3 heteroatoms. The Labute approximate surface area is 95.6 Å². The van der Waals surface area contributed by atoms with Crippen molar-refractivity contribution in [3.63, 3.8) is 0 Å². The van der Waals surface area contributed by atoms with Gasteiger partial charge >= 0.3 is 0 Å². The van der Waals surface area contributed by atoms with Crippen LogP contribution in [0.3, 0.4) is 0 Å². The molecule has 0 radical (unpaired) electrons. The third-order valence-corrected chi connectivity index (χ3v) is 3.69. The third-order valence-electron chi connectivity index (χ3n) is 3.69. The molecular weight excluding hydrogens is 202 g/mol. The van der Waals surface area contributed by atoms with Crippen molar-refractivity contribution in [2.75, 3.05) is 13.1 Å². The van der Waals surface area contributed by atoms with Crippen LogP contribution in [0.15, 0.2) is 30.3 Å².